The maximum atomic E-state index is 10.7. The van der Waals surface area contributed by atoms with Crippen molar-refractivity contribution in [1.82, 2.24) is 0 Å². The molecule has 1 aliphatic carbocycles. The minimum Gasteiger partial charge on any atom is -0.427 e. The fourth-order valence-electron chi connectivity index (χ4n) is 1.33. The van der Waals surface area contributed by atoms with Gasteiger partial charge < -0.3 is 9.47 Å². The molecule has 80 valence electrons. The maximum Gasteiger partial charge on any atom is 0.308 e. The number of nitrogens with zero attached hydrogens (tertiary/aromatic N) is 1. The summed E-state index contributed by atoms with van der Waals surface area (Å²) in [5.41, 5.74) is -0.904. The number of carbonyl (C=O) groups is 1. The van der Waals surface area contributed by atoms with Gasteiger partial charge in [0.25, 0.3) is 0 Å². The van der Waals surface area contributed by atoms with Gasteiger partial charge in [0.15, 0.2) is 5.60 Å². The van der Waals surface area contributed by atoms with Crippen LogP contribution in [0.2, 0.25) is 0 Å². The first kappa shape index (κ1) is 11.5. The van der Waals surface area contributed by atoms with Crippen molar-refractivity contribution in [2.75, 3.05) is 6.61 Å². The maximum absolute atomic E-state index is 10.7. The van der Waals surface area contributed by atoms with E-state index in [2.05, 4.69) is 6.07 Å². The van der Waals surface area contributed by atoms with Crippen LogP contribution < -0.4 is 0 Å². The Hall–Kier alpha value is -1.60. The molecule has 0 aromatic rings. The van der Waals surface area contributed by atoms with Crippen LogP contribution in [0.1, 0.15) is 20.3 Å². The van der Waals surface area contributed by atoms with Gasteiger partial charge in [-0.05, 0) is 25.2 Å². The summed E-state index contributed by atoms with van der Waals surface area (Å²) < 4.78 is 10.2. The van der Waals surface area contributed by atoms with Crippen molar-refractivity contribution in [3.05, 3.63) is 24.0 Å². The van der Waals surface area contributed by atoms with Crippen LogP contribution in [-0.4, -0.2) is 18.2 Å². The van der Waals surface area contributed by atoms with Crippen LogP contribution in [0.4, 0.5) is 0 Å². The van der Waals surface area contributed by atoms with Gasteiger partial charge in [0.2, 0.25) is 0 Å². The van der Waals surface area contributed by atoms with Crippen LogP contribution in [0, 0.1) is 11.3 Å². The zero-order valence-electron chi connectivity index (χ0n) is 8.82. The molecule has 0 spiro atoms. The molecule has 0 aromatic carbocycles. The lowest BCUT2D eigenvalue weighted by Crippen LogP contribution is -2.29. The van der Waals surface area contributed by atoms with E-state index in [4.69, 9.17) is 14.7 Å². The molecule has 0 aromatic heterocycles. The summed E-state index contributed by atoms with van der Waals surface area (Å²) >= 11 is 0. The Morgan fingerprint density at radius 1 is 1.73 bits per heavy atom. The zero-order chi connectivity index (χ0) is 11.3. The first-order chi connectivity index (χ1) is 7.12. The second-order valence-corrected chi connectivity index (χ2v) is 3.17. The number of hydrogen-bond acceptors (Lipinski definition) is 4. The van der Waals surface area contributed by atoms with Crippen LogP contribution in [0.15, 0.2) is 24.0 Å². The van der Waals surface area contributed by atoms with Crippen LogP contribution in [-0.2, 0) is 14.3 Å². The summed E-state index contributed by atoms with van der Waals surface area (Å²) in [6.07, 6.45) is 5.29. The minimum atomic E-state index is -0.904. The molecule has 0 fully saturated rings. The van der Waals surface area contributed by atoms with Gasteiger partial charge in [-0.15, -0.1) is 0 Å². The minimum absolute atomic E-state index is 0.369. The molecule has 15 heavy (non-hydrogen) atoms. The summed E-state index contributed by atoms with van der Waals surface area (Å²) in [6.45, 7) is 3.64. The van der Waals surface area contributed by atoms with Gasteiger partial charge in [-0.2, -0.15) is 5.26 Å². The molecule has 0 aliphatic heterocycles. The van der Waals surface area contributed by atoms with E-state index in [-0.39, 0.29) is 5.97 Å². The number of allylic oxidation sites excluding steroid dienone is 1. The predicted octanol–water partition coefficient (Wildman–Crippen LogP) is 1.69. The van der Waals surface area contributed by atoms with E-state index < -0.39 is 5.60 Å². The van der Waals surface area contributed by atoms with Gasteiger partial charge in [-0.25, -0.2) is 0 Å². The highest BCUT2D eigenvalue weighted by molar-refractivity contribution is 5.67. The molecular formula is C11H13NO3. The average Bonchev–Trinajstić information content (AvgIpc) is 2.21. The Kier molecular flexibility index (Phi) is 3.64. The van der Waals surface area contributed by atoms with E-state index in [0.717, 1.165) is 0 Å². The third-order valence-corrected chi connectivity index (χ3v) is 1.98. The Morgan fingerprint density at radius 2 is 2.47 bits per heavy atom. The molecule has 0 saturated heterocycles. The lowest BCUT2D eigenvalue weighted by atomic mass is 9.96. The third-order valence-electron chi connectivity index (χ3n) is 1.98. The largest absolute Gasteiger partial charge is 0.427 e. The Labute approximate surface area is 88.8 Å². The van der Waals surface area contributed by atoms with Gasteiger partial charge in [0.1, 0.15) is 11.8 Å². The monoisotopic (exact) mass is 207 g/mol. The van der Waals surface area contributed by atoms with E-state index in [1.165, 1.54) is 6.92 Å². The standard InChI is InChI=1S/C11H13NO3/c1-3-14-11(8-12)6-4-10(5-7-11)15-9(2)13/h4-6H,3,7H2,1-2H3. The average molecular weight is 207 g/mol. The Bertz CT molecular complexity index is 351. The van der Waals surface area contributed by atoms with Crippen molar-refractivity contribution >= 4 is 5.97 Å². The zero-order valence-corrected chi connectivity index (χ0v) is 8.82. The Balaban J connectivity index is 2.69. The number of hydrogen-bond donors (Lipinski definition) is 0. The van der Waals surface area contributed by atoms with Gasteiger partial charge >= 0.3 is 5.97 Å². The van der Waals surface area contributed by atoms with Crippen molar-refractivity contribution in [3.63, 3.8) is 0 Å². The van der Waals surface area contributed by atoms with Gasteiger partial charge in [-0.3, -0.25) is 4.79 Å². The predicted molar refractivity (Wildman–Crippen MR) is 53.6 cm³/mol. The first-order valence-electron chi connectivity index (χ1n) is 4.75. The molecule has 4 heteroatoms. The fourth-order valence-corrected chi connectivity index (χ4v) is 1.33. The summed E-state index contributed by atoms with van der Waals surface area (Å²) in [6, 6.07) is 2.10. The quantitative estimate of drug-likeness (QED) is 0.661. The van der Waals surface area contributed by atoms with E-state index >= 15 is 0 Å². The normalized spacial score (nSPS) is 24.2. The number of carbonyl (C=O) groups excluding carboxylic acids is 1. The Morgan fingerprint density at radius 3 is 2.87 bits per heavy atom. The fraction of sp³-hybridized carbons (Fsp3) is 0.455. The van der Waals surface area contributed by atoms with Crippen LogP contribution >= 0.6 is 0 Å². The highest BCUT2D eigenvalue weighted by Crippen LogP contribution is 2.24. The molecule has 0 N–H and O–H groups in total. The van der Waals surface area contributed by atoms with Crippen LogP contribution in [0.5, 0.6) is 0 Å². The molecule has 1 aliphatic rings. The number of nitriles is 1. The highest BCUT2D eigenvalue weighted by Gasteiger charge is 2.29. The molecule has 1 atom stereocenters. The van der Waals surface area contributed by atoms with Crippen LogP contribution in [0.25, 0.3) is 0 Å². The molecule has 4 nitrogen and oxygen atoms in total. The topological polar surface area (TPSA) is 59.3 Å². The van der Waals surface area contributed by atoms with E-state index in [9.17, 15) is 4.79 Å². The molecule has 0 saturated carbocycles. The van der Waals surface area contributed by atoms with Gasteiger partial charge in [-0.1, -0.05) is 0 Å². The van der Waals surface area contributed by atoms with Crippen molar-refractivity contribution < 1.29 is 14.3 Å². The number of esters is 1. The van der Waals surface area contributed by atoms with Crippen molar-refractivity contribution in [2.45, 2.75) is 25.9 Å². The summed E-state index contributed by atoms with van der Waals surface area (Å²) in [4.78, 5) is 10.7. The molecule has 0 heterocycles. The SMILES string of the molecule is CCOC1(C#N)C=CC(OC(C)=O)=CC1. The second-order valence-electron chi connectivity index (χ2n) is 3.17. The lowest BCUT2D eigenvalue weighted by molar-refractivity contribution is -0.136. The summed E-state index contributed by atoms with van der Waals surface area (Å²) in [7, 11) is 0. The molecule has 1 unspecified atom stereocenters. The van der Waals surface area contributed by atoms with Crippen molar-refractivity contribution in [3.8, 4) is 6.07 Å². The smallest absolute Gasteiger partial charge is 0.308 e. The molecular weight excluding hydrogens is 194 g/mol. The summed E-state index contributed by atoms with van der Waals surface area (Å²) in [5, 5.41) is 8.98. The van der Waals surface area contributed by atoms with E-state index in [1.54, 1.807) is 18.2 Å². The van der Waals surface area contributed by atoms with Crippen molar-refractivity contribution in [2.24, 2.45) is 0 Å². The van der Waals surface area contributed by atoms with Gasteiger partial charge in [0.05, 0.1) is 0 Å². The first-order valence-corrected chi connectivity index (χ1v) is 4.75. The number of rotatable bonds is 3. The van der Waals surface area contributed by atoms with E-state index in [0.29, 0.717) is 18.8 Å². The van der Waals surface area contributed by atoms with Crippen molar-refractivity contribution in [1.29, 1.82) is 5.26 Å². The lowest BCUT2D eigenvalue weighted by Gasteiger charge is -2.24. The molecule has 0 bridgehead atoms. The molecule has 0 radical (unpaired) electrons. The number of ether oxygens (including phenoxy) is 2. The van der Waals surface area contributed by atoms with Gasteiger partial charge in [0, 0.05) is 20.0 Å². The third kappa shape index (κ3) is 2.93. The molecule has 0 amide bonds. The van der Waals surface area contributed by atoms with Crippen LogP contribution in [0.3, 0.4) is 0 Å². The molecule has 1 rings (SSSR count). The highest BCUT2D eigenvalue weighted by atomic mass is 16.5. The summed E-state index contributed by atoms with van der Waals surface area (Å²) in [5.74, 6) is 0.0971. The second kappa shape index (κ2) is 4.76. The van der Waals surface area contributed by atoms with E-state index in [1.807, 2.05) is 6.92 Å².